The van der Waals surface area contributed by atoms with Crippen LogP contribution in [0.5, 0.6) is 0 Å². The Balaban J connectivity index is 2.35. The molecule has 1 heterocycles. The summed E-state index contributed by atoms with van der Waals surface area (Å²) in [6.45, 7) is 1.80. The lowest BCUT2D eigenvalue weighted by Gasteiger charge is -2.21. The maximum absolute atomic E-state index is 11.8. The molecule has 1 atom stereocenters. The highest BCUT2D eigenvalue weighted by atomic mass is 79.9. The van der Waals surface area contributed by atoms with Crippen LogP contribution in [0.3, 0.4) is 0 Å². The molecule has 17 heavy (non-hydrogen) atoms. The Morgan fingerprint density at radius 2 is 2.18 bits per heavy atom. The zero-order chi connectivity index (χ0) is 12.5. The number of hydrogen-bond acceptors (Lipinski definition) is 3. The minimum absolute atomic E-state index is 0.115. The first-order chi connectivity index (χ1) is 8.06. The number of Topliss-reactive ketones (excluding diaryl/α,β-unsaturated/α-hetero) is 1. The predicted octanol–water partition coefficient (Wildman–Crippen LogP) is 2.51. The molecule has 1 unspecified atom stereocenters. The Morgan fingerprint density at radius 1 is 1.47 bits per heavy atom. The third-order valence-electron chi connectivity index (χ3n) is 3.28. The number of benzene rings is 1. The van der Waals surface area contributed by atoms with Gasteiger partial charge in [-0.3, -0.25) is 9.59 Å². The van der Waals surface area contributed by atoms with E-state index in [0.29, 0.717) is 19.4 Å². The summed E-state index contributed by atoms with van der Waals surface area (Å²) in [6, 6.07) is 7.62. The van der Waals surface area contributed by atoms with E-state index in [-0.39, 0.29) is 11.8 Å². The van der Waals surface area contributed by atoms with Gasteiger partial charge in [0.05, 0.1) is 6.61 Å². The minimum atomic E-state index is -0.982. The highest BCUT2D eigenvalue weighted by Crippen LogP contribution is 2.36. The minimum Gasteiger partial charge on any atom is -0.465 e. The molecule has 0 saturated carbocycles. The molecule has 1 aliphatic rings. The standard InChI is InChI=1S/C13H13BrO3/c1-9(15)13(6-7-17-12(13)16)8-10-4-2-3-5-11(10)14/h2-5H,6-8H2,1H3. The predicted molar refractivity (Wildman–Crippen MR) is 66.5 cm³/mol. The first kappa shape index (κ1) is 12.3. The number of hydrogen-bond donors (Lipinski definition) is 0. The number of ketones is 1. The van der Waals surface area contributed by atoms with Crippen LogP contribution < -0.4 is 0 Å². The number of halogens is 1. The van der Waals surface area contributed by atoms with Crippen LogP contribution in [-0.4, -0.2) is 18.4 Å². The van der Waals surface area contributed by atoms with Crippen LogP contribution in [0.25, 0.3) is 0 Å². The first-order valence-electron chi connectivity index (χ1n) is 5.48. The molecule has 0 bridgehead atoms. The highest BCUT2D eigenvalue weighted by Gasteiger charge is 2.48. The van der Waals surface area contributed by atoms with E-state index >= 15 is 0 Å². The van der Waals surface area contributed by atoms with Crippen LogP contribution >= 0.6 is 15.9 Å². The van der Waals surface area contributed by atoms with Gasteiger partial charge in [0.15, 0.2) is 0 Å². The second-order valence-electron chi connectivity index (χ2n) is 4.29. The summed E-state index contributed by atoms with van der Waals surface area (Å²) in [6.07, 6.45) is 0.880. The lowest BCUT2D eigenvalue weighted by atomic mass is 9.77. The molecular formula is C13H13BrO3. The maximum atomic E-state index is 11.8. The summed E-state index contributed by atoms with van der Waals surface area (Å²) in [5.74, 6) is -0.503. The molecule has 1 fully saturated rings. The van der Waals surface area contributed by atoms with E-state index in [1.54, 1.807) is 0 Å². The quantitative estimate of drug-likeness (QED) is 0.636. The van der Waals surface area contributed by atoms with Crippen molar-refractivity contribution in [3.63, 3.8) is 0 Å². The van der Waals surface area contributed by atoms with E-state index in [9.17, 15) is 9.59 Å². The van der Waals surface area contributed by atoms with Gasteiger partial charge >= 0.3 is 5.97 Å². The molecule has 0 aromatic heterocycles. The largest absolute Gasteiger partial charge is 0.465 e. The molecule has 4 heteroatoms. The molecule has 0 amide bonds. The van der Waals surface area contributed by atoms with Gasteiger partial charge in [-0.2, -0.15) is 0 Å². The molecule has 0 N–H and O–H groups in total. The van der Waals surface area contributed by atoms with E-state index < -0.39 is 5.41 Å². The topological polar surface area (TPSA) is 43.4 Å². The Bertz CT molecular complexity index is 469. The van der Waals surface area contributed by atoms with Gasteiger partial charge in [0, 0.05) is 10.9 Å². The van der Waals surface area contributed by atoms with E-state index in [1.807, 2.05) is 24.3 Å². The van der Waals surface area contributed by atoms with Crippen molar-refractivity contribution < 1.29 is 14.3 Å². The van der Waals surface area contributed by atoms with Gasteiger partial charge in [0.25, 0.3) is 0 Å². The van der Waals surface area contributed by atoms with E-state index in [0.717, 1.165) is 10.0 Å². The summed E-state index contributed by atoms with van der Waals surface area (Å²) in [4.78, 5) is 23.6. The smallest absolute Gasteiger partial charge is 0.320 e. The van der Waals surface area contributed by atoms with Gasteiger partial charge in [0.2, 0.25) is 0 Å². The Kier molecular flexibility index (Phi) is 3.33. The highest BCUT2D eigenvalue weighted by molar-refractivity contribution is 9.10. The van der Waals surface area contributed by atoms with Gasteiger partial charge in [-0.1, -0.05) is 34.1 Å². The van der Waals surface area contributed by atoms with Crippen LogP contribution in [0.15, 0.2) is 28.7 Å². The van der Waals surface area contributed by atoms with Gasteiger partial charge in [0.1, 0.15) is 11.2 Å². The van der Waals surface area contributed by atoms with Crippen molar-refractivity contribution in [1.82, 2.24) is 0 Å². The molecule has 0 aliphatic carbocycles. The summed E-state index contributed by atoms with van der Waals surface area (Å²) < 4.78 is 5.88. The molecule has 3 nitrogen and oxygen atoms in total. The molecule has 2 rings (SSSR count). The van der Waals surface area contributed by atoms with Crippen molar-refractivity contribution in [2.24, 2.45) is 5.41 Å². The lowest BCUT2D eigenvalue weighted by molar-refractivity contribution is -0.150. The average Bonchev–Trinajstić information content (AvgIpc) is 2.65. The van der Waals surface area contributed by atoms with E-state index in [1.165, 1.54) is 6.92 Å². The number of cyclic esters (lactones) is 1. The molecule has 1 aromatic rings. The van der Waals surface area contributed by atoms with Crippen LogP contribution in [0.1, 0.15) is 18.9 Å². The SMILES string of the molecule is CC(=O)C1(Cc2ccccc2Br)CCOC1=O. The molecular weight excluding hydrogens is 284 g/mol. The second kappa shape index (κ2) is 4.61. The Hall–Kier alpha value is -1.16. The number of carbonyl (C=O) groups is 2. The summed E-state index contributed by atoms with van der Waals surface area (Å²) in [5.41, 5.74) is -0.0225. The molecule has 1 aliphatic heterocycles. The third kappa shape index (κ3) is 2.14. The summed E-state index contributed by atoms with van der Waals surface area (Å²) in [7, 11) is 0. The van der Waals surface area contributed by atoms with Crippen LogP contribution in [0.4, 0.5) is 0 Å². The fourth-order valence-corrected chi connectivity index (χ4v) is 2.55. The van der Waals surface area contributed by atoms with E-state index in [4.69, 9.17) is 4.74 Å². The van der Waals surface area contributed by atoms with Gasteiger partial charge in [-0.05, 0) is 25.0 Å². The van der Waals surface area contributed by atoms with Crippen LogP contribution in [0.2, 0.25) is 0 Å². The molecule has 0 spiro atoms. The van der Waals surface area contributed by atoms with Crippen molar-refractivity contribution in [3.8, 4) is 0 Å². The molecule has 90 valence electrons. The van der Waals surface area contributed by atoms with Crippen molar-refractivity contribution in [3.05, 3.63) is 34.3 Å². The maximum Gasteiger partial charge on any atom is 0.320 e. The lowest BCUT2D eigenvalue weighted by Crippen LogP contribution is -2.36. The normalized spacial score (nSPS) is 23.5. The zero-order valence-corrected chi connectivity index (χ0v) is 11.1. The van der Waals surface area contributed by atoms with Crippen molar-refractivity contribution in [2.45, 2.75) is 19.8 Å². The van der Waals surface area contributed by atoms with Gasteiger partial charge in [-0.25, -0.2) is 0 Å². The van der Waals surface area contributed by atoms with Gasteiger partial charge in [-0.15, -0.1) is 0 Å². The number of ether oxygens (including phenoxy) is 1. The van der Waals surface area contributed by atoms with Crippen molar-refractivity contribution in [1.29, 1.82) is 0 Å². The van der Waals surface area contributed by atoms with Crippen molar-refractivity contribution in [2.75, 3.05) is 6.61 Å². The fraction of sp³-hybridized carbons (Fsp3) is 0.385. The average molecular weight is 297 g/mol. The number of rotatable bonds is 3. The second-order valence-corrected chi connectivity index (χ2v) is 5.15. The molecule has 0 radical (unpaired) electrons. The third-order valence-corrected chi connectivity index (χ3v) is 4.05. The fourth-order valence-electron chi connectivity index (χ4n) is 2.13. The number of carbonyl (C=O) groups excluding carboxylic acids is 2. The first-order valence-corrected chi connectivity index (χ1v) is 6.27. The summed E-state index contributed by atoms with van der Waals surface area (Å²) >= 11 is 3.43. The molecule has 1 saturated heterocycles. The van der Waals surface area contributed by atoms with Crippen LogP contribution in [-0.2, 0) is 20.7 Å². The zero-order valence-electron chi connectivity index (χ0n) is 9.53. The summed E-state index contributed by atoms with van der Waals surface area (Å²) in [5, 5.41) is 0. The Morgan fingerprint density at radius 3 is 2.71 bits per heavy atom. The number of esters is 1. The monoisotopic (exact) mass is 296 g/mol. The van der Waals surface area contributed by atoms with Crippen molar-refractivity contribution >= 4 is 27.7 Å². The van der Waals surface area contributed by atoms with E-state index in [2.05, 4.69) is 15.9 Å². The molecule has 1 aromatic carbocycles. The van der Waals surface area contributed by atoms with Gasteiger partial charge < -0.3 is 4.74 Å². The Labute approximate surface area is 108 Å². The van der Waals surface area contributed by atoms with Crippen LogP contribution in [0, 0.1) is 5.41 Å².